The SMILES string of the molecule is CCCOCCOC(=O)c1ccnc(NCc2cccc(Cn3cccn3)c2)c1. The number of hydrogen-bond acceptors (Lipinski definition) is 6. The quantitative estimate of drug-likeness (QED) is 0.396. The first-order valence-electron chi connectivity index (χ1n) is 9.74. The van der Waals surface area contributed by atoms with E-state index in [9.17, 15) is 4.79 Å². The van der Waals surface area contributed by atoms with Crippen molar-refractivity contribution in [3.8, 4) is 0 Å². The number of benzene rings is 1. The Morgan fingerprint density at radius 1 is 1.07 bits per heavy atom. The number of rotatable bonds is 11. The molecule has 0 aliphatic rings. The van der Waals surface area contributed by atoms with Gasteiger partial charge in [-0.3, -0.25) is 4.68 Å². The maximum atomic E-state index is 12.2. The number of anilines is 1. The van der Waals surface area contributed by atoms with E-state index in [1.807, 2.05) is 36.0 Å². The third-order valence-corrected chi connectivity index (χ3v) is 4.17. The van der Waals surface area contributed by atoms with E-state index in [2.05, 4.69) is 27.5 Å². The van der Waals surface area contributed by atoms with Gasteiger partial charge < -0.3 is 14.8 Å². The van der Waals surface area contributed by atoms with E-state index in [4.69, 9.17) is 9.47 Å². The zero-order valence-electron chi connectivity index (χ0n) is 16.6. The van der Waals surface area contributed by atoms with Gasteiger partial charge >= 0.3 is 5.97 Å². The van der Waals surface area contributed by atoms with E-state index in [0.29, 0.717) is 31.1 Å². The Morgan fingerprint density at radius 3 is 2.79 bits per heavy atom. The third-order valence-electron chi connectivity index (χ3n) is 4.17. The van der Waals surface area contributed by atoms with Crippen molar-refractivity contribution in [3.63, 3.8) is 0 Å². The highest BCUT2D eigenvalue weighted by molar-refractivity contribution is 5.90. The van der Waals surface area contributed by atoms with Gasteiger partial charge in [-0.1, -0.05) is 31.2 Å². The van der Waals surface area contributed by atoms with E-state index in [1.165, 1.54) is 5.56 Å². The monoisotopic (exact) mass is 394 g/mol. The maximum Gasteiger partial charge on any atom is 0.338 e. The van der Waals surface area contributed by atoms with Crippen LogP contribution in [0, 0.1) is 0 Å². The van der Waals surface area contributed by atoms with Gasteiger partial charge in [-0.25, -0.2) is 9.78 Å². The molecule has 3 rings (SSSR count). The van der Waals surface area contributed by atoms with Crippen molar-refractivity contribution in [2.75, 3.05) is 25.1 Å². The first-order chi connectivity index (χ1) is 14.2. The number of hydrogen-bond donors (Lipinski definition) is 1. The lowest BCUT2D eigenvalue weighted by atomic mass is 10.1. The van der Waals surface area contributed by atoms with Crippen molar-refractivity contribution >= 4 is 11.8 Å². The Labute approximate surface area is 170 Å². The Kier molecular flexibility index (Phi) is 7.77. The van der Waals surface area contributed by atoms with Gasteiger partial charge in [0.1, 0.15) is 12.4 Å². The molecule has 0 atom stereocenters. The van der Waals surface area contributed by atoms with Gasteiger partial charge in [-0.2, -0.15) is 5.10 Å². The Morgan fingerprint density at radius 2 is 1.97 bits per heavy atom. The number of nitrogens with zero attached hydrogens (tertiary/aromatic N) is 3. The second kappa shape index (κ2) is 11.0. The van der Waals surface area contributed by atoms with Crippen LogP contribution in [-0.4, -0.2) is 40.6 Å². The van der Waals surface area contributed by atoms with Crippen LogP contribution in [0.25, 0.3) is 0 Å². The fourth-order valence-electron chi connectivity index (χ4n) is 2.79. The van der Waals surface area contributed by atoms with Gasteiger partial charge in [-0.15, -0.1) is 0 Å². The summed E-state index contributed by atoms with van der Waals surface area (Å²) in [7, 11) is 0. The molecular formula is C22H26N4O3. The number of esters is 1. The second-order valence-corrected chi connectivity index (χ2v) is 6.56. The number of ether oxygens (including phenoxy) is 2. The lowest BCUT2D eigenvalue weighted by molar-refractivity contribution is 0.0318. The summed E-state index contributed by atoms with van der Waals surface area (Å²) in [6, 6.07) is 13.5. The molecule has 1 N–H and O–H groups in total. The van der Waals surface area contributed by atoms with Gasteiger partial charge in [0.05, 0.1) is 18.7 Å². The normalized spacial score (nSPS) is 10.7. The van der Waals surface area contributed by atoms with Crippen LogP contribution in [0.1, 0.15) is 34.8 Å². The molecule has 7 heteroatoms. The molecule has 0 saturated carbocycles. The van der Waals surface area contributed by atoms with Crippen LogP contribution >= 0.6 is 0 Å². The summed E-state index contributed by atoms with van der Waals surface area (Å²) in [6.45, 7) is 4.68. The number of nitrogens with one attached hydrogen (secondary N) is 1. The Hall–Kier alpha value is -3.19. The van der Waals surface area contributed by atoms with E-state index >= 15 is 0 Å². The molecule has 0 bridgehead atoms. The predicted octanol–water partition coefficient (Wildman–Crippen LogP) is 3.52. The zero-order chi connectivity index (χ0) is 20.3. The molecule has 0 aliphatic carbocycles. The molecule has 2 aromatic heterocycles. The number of carbonyl (C=O) groups excluding carboxylic acids is 1. The molecule has 3 aromatic rings. The average molecular weight is 394 g/mol. The molecule has 0 spiro atoms. The van der Waals surface area contributed by atoms with Crippen LogP contribution in [0.2, 0.25) is 0 Å². The van der Waals surface area contributed by atoms with Crippen molar-refractivity contribution in [2.24, 2.45) is 0 Å². The van der Waals surface area contributed by atoms with Gasteiger partial charge in [0.15, 0.2) is 0 Å². The third kappa shape index (κ3) is 6.73. The minimum atomic E-state index is -0.378. The number of aromatic nitrogens is 3. The number of pyridine rings is 1. The highest BCUT2D eigenvalue weighted by atomic mass is 16.6. The van der Waals surface area contributed by atoms with Crippen LogP contribution in [0.5, 0.6) is 0 Å². The van der Waals surface area contributed by atoms with Gasteiger partial charge in [0, 0.05) is 31.7 Å². The smallest absolute Gasteiger partial charge is 0.338 e. The summed E-state index contributed by atoms with van der Waals surface area (Å²) in [4.78, 5) is 16.4. The van der Waals surface area contributed by atoms with Crippen molar-refractivity contribution in [1.82, 2.24) is 14.8 Å². The summed E-state index contributed by atoms with van der Waals surface area (Å²) in [5, 5.41) is 7.50. The minimum Gasteiger partial charge on any atom is -0.460 e. The maximum absolute atomic E-state index is 12.2. The summed E-state index contributed by atoms with van der Waals surface area (Å²) in [5.41, 5.74) is 2.76. The molecule has 1 aromatic carbocycles. The predicted molar refractivity (Wildman–Crippen MR) is 111 cm³/mol. The Balaban J connectivity index is 1.52. The Bertz CT molecular complexity index is 897. The van der Waals surface area contributed by atoms with Gasteiger partial charge in [-0.05, 0) is 35.7 Å². The molecule has 152 valence electrons. The first-order valence-corrected chi connectivity index (χ1v) is 9.74. The van der Waals surface area contributed by atoms with Crippen LogP contribution in [0.3, 0.4) is 0 Å². The molecule has 0 saturated heterocycles. The lowest BCUT2D eigenvalue weighted by Crippen LogP contribution is -2.12. The number of carbonyl (C=O) groups is 1. The van der Waals surface area contributed by atoms with Crippen molar-refractivity contribution < 1.29 is 14.3 Å². The fraction of sp³-hybridized carbons (Fsp3) is 0.318. The highest BCUT2D eigenvalue weighted by Crippen LogP contribution is 2.12. The molecule has 0 radical (unpaired) electrons. The van der Waals surface area contributed by atoms with E-state index in [1.54, 1.807) is 24.5 Å². The van der Waals surface area contributed by atoms with Crippen LogP contribution in [-0.2, 0) is 22.6 Å². The summed E-state index contributed by atoms with van der Waals surface area (Å²) >= 11 is 0. The average Bonchev–Trinajstić information content (AvgIpc) is 3.25. The molecule has 0 fully saturated rings. The molecule has 0 aliphatic heterocycles. The molecule has 2 heterocycles. The second-order valence-electron chi connectivity index (χ2n) is 6.56. The van der Waals surface area contributed by atoms with Gasteiger partial charge in [0.25, 0.3) is 0 Å². The summed E-state index contributed by atoms with van der Waals surface area (Å²) < 4.78 is 12.4. The molecule has 7 nitrogen and oxygen atoms in total. The van der Waals surface area contributed by atoms with E-state index < -0.39 is 0 Å². The standard InChI is InChI=1S/C22H26N4O3/c1-2-11-28-12-13-29-22(27)20-7-9-23-21(15-20)24-16-18-5-3-6-19(14-18)17-26-10-4-8-25-26/h3-10,14-15H,2,11-13,16-17H2,1H3,(H,23,24). The summed E-state index contributed by atoms with van der Waals surface area (Å²) in [5.74, 6) is 0.246. The molecule has 0 unspecified atom stereocenters. The van der Waals surface area contributed by atoms with Crippen molar-refractivity contribution in [2.45, 2.75) is 26.4 Å². The lowest BCUT2D eigenvalue weighted by Gasteiger charge is -2.09. The van der Waals surface area contributed by atoms with E-state index in [0.717, 1.165) is 18.5 Å². The van der Waals surface area contributed by atoms with Crippen molar-refractivity contribution in [1.29, 1.82) is 0 Å². The fourth-order valence-corrected chi connectivity index (χ4v) is 2.79. The van der Waals surface area contributed by atoms with Crippen LogP contribution in [0.4, 0.5) is 5.82 Å². The molecular weight excluding hydrogens is 368 g/mol. The van der Waals surface area contributed by atoms with E-state index in [-0.39, 0.29) is 12.6 Å². The van der Waals surface area contributed by atoms with Gasteiger partial charge in [0.2, 0.25) is 0 Å². The first kappa shape index (κ1) is 20.5. The minimum absolute atomic E-state index is 0.243. The van der Waals surface area contributed by atoms with Crippen molar-refractivity contribution in [3.05, 3.63) is 77.7 Å². The van der Waals surface area contributed by atoms with Crippen LogP contribution < -0.4 is 5.32 Å². The van der Waals surface area contributed by atoms with Crippen LogP contribution in [0.15, 0.2) is 61.1 Å². The molecule has 29 heavy (non-hydrogen) atoms. The topological polar surface area (TPSA) is 78.3 Å². The molecule has 0 amide bonds. The largest absolute Gasteiger partial charge is 0.460 e. The zero-order valence-corrected chi connectivity index (χ0v) is 16.6. The highest BCUT2D eigenvalue weighted by Gasteiger charge is 2.08. The summed E-state index contributed by atoms with van der Waals surface area (Å²) in [6.07, 6.45) is 6.25.